The van der Waals surface area contributed by atoms with Gasteiger partial charge in [0.05, 0.1) is 11.2 Å². The fourth-order valence-corrected chi connectivity index (χ4v) is 1.72. The quantitative estimate of drug-likeness (QED) is 0.677. The van der Waals surface area contributed by atoms with Crippen molar-refractivity contribution < 1.29 is 4.39 Å². The Balaban J connectivity index is 2.49. The number of hydrogen-bond acceptors (Lipinski definition) is 2. The predicted octanol–water partition coefficient (Wildman–Crippen LogP) is 3.26. The highest BCUT2D eigenvalue weighted by molar-refractivity contribution is 7.07. The Morgan fingerprint density at radius 1 is 1.38 bits per heavy atom. The molecule has 3 heteroatoms. The molecular weight excluding hydrogens is 185 g/mol. The molecule has 1 heterocycles. The lowest BCUT2D eigenvalue weighted by molar-refractivity contribution is 0.619. The van der Waals surface area contributed by atoms with Crippen LogP contribution < -0.4 is 0 Å². The van der Waals surface area contributed by atoms with Crippen LogP contribution in [-0.4, -0.2) is 4.98 Å². The molecule has 1 aromatic carbocycles. The lowest BCUT2D eigenvalue weighted by atomic mass is 10.1. The fraction of sp³-hybridized carbons (Fsp3) is 0.100. The van der Waals surface area contributed by atoms with Crippen LogP contribution in [0.2, 0.25) is 0 Å². The van der Waals surface area contributed by atoms with E-state index in [-0.39, 0.29) is 5.82 Å². The van der Waals surface area contributed by atoms with Gasteiger partial charge in [0.1, 0.15) is 5.82 Å². The van der Waals surface area contributed by atoms with E-state index in [1.54, 1.807) is 18.5 Å². The molecule has 0 atom stereocenters. The van der Waals surface area contributed by atoms with E-state index < -0.39 is 0 Å². The molecule has 0 aliphatic heterocycles. The van der Waals surface area contributed by atoms with Gasteiger partial charge in [0, 0.05) is 10.9 Å². The number of hydrogen-bond donors (Lipinski definition) is 0. The first kappa shape index (κ1) is 8.38. The monoisotopic (exact) mass is 193 g/mol. The summed E-state index contributed by atoms with van der Waals surface area (Å²) >= 11 is 1.54. The number of rotatable bonds is 1. The molecule has 13 heavy (non-hydrogen) atoms. The van der Waals surface area contributed by atoms with Gasteiger partial charge in [0.25, 0.3) is 0 Å². The minimum atomic E-state index is -0.168. The largest absolute Gasteiger partial charge is 0.245 e. The molecule has 0 spiro atoms. The van der Waals surface area contributed by atoms with Crippen LogP contribution in [0, 0.1) is 12.7 Å². The third kappa shape index (κ3) is 1.60. The standard InChI is InChI=1S/C10H8FNS/c1-7-4-8(2-3-9(7)11)10-5-13-6-12-10/h2-6H,1H3. The Bertz CT molecular complexity index is 409. The first-order chi connectivity index (χ1) is 6.27. The SMILES string of the molecule is Cc1cc(-c2cscn2)ccc1F. The van der Waals surface area contributed by atoms with Gasteiger partial charge in [-0.05, 0) is 30.7 Å². The van der Waals surface area contributed by atoms with Crippen molar-refractivity contribution in [3.63, 3.8) is 0 Å². The number of aryl methyl sites for hydroxylation is 1. The van der Waals surface area contributed by atoms with Gasteiger partial charge in [0.15, 0.2) is 0 Å². The van der Waals surface area contributed by atoms with Crippen LogP contribution in [0.5, 0.6) is 0 Å². The Labute approximate surface area is 79.9 Å². The zero-order chi connectivity index (χ0) is 9.26. The van der Waals surface area contributed by atoms with Crippen molar-refractivity contribution in [2.75, 3.05) is 0 Å². The summed E-state index contributed by atoms with van der Waals surface area (Å²) in [6.45, 7) is 1.76. The maximum atomic E-state index is 12.9. The van der Waals surface area contributed by atoms with Crippen molar-refractivity contribution in [3.8, 4) is 11.3 Å². The maximum absolute atomic E-state index is 12.9. The van der Waals surface area contributed by atoms with Gasteiger partial charge in [0.2, 0.25) is 0 Å². The summed E-state index contributed by atoms with van der Waals surface area (Å²) < 4.78 is 12.9. The lowest BCUT2D eigenvalue weighted by Gasteiger charge is -1.99. The lowest BCUT2D eigenvalue weighted by Crippen LogP contribution is -1.83. The average molecular weight is 193 g/mol. The summed E-state index contributed by atoms with van der Waals surface area (Å²) in [7, 11) is 0. The normalized spacial score (nSPS) is 10.3. The van der Waals surface area contributed by atoms with Gasteiger partial charge in [-0.25, -0.2) is 9.37 Å². The molecule has 2 aromatic rings. The smallest absolute Gasteiger partial charge is 0.126 e. The van der Waals surface area contributed by atoms with Gasteiger partial charge < -0.3 is 0 Å². The second-order valence-electron chi connectivity index (χ2n) is 2.84. The molecule has 0 bridgehead atoms. The predicted molar refractivity (Wildman–Crippen MR) is 52.2 cm³/mol. The van der Waals surface area contributed by atoms with Crippen molar-refractivity contribution in [1.29, 1.82) is 0 Å². The summed E-state index contributed by atoms with van der Waals surface area (Å²) in [6, 6.07) is 5.03. The van der Waals surface area contributed by atoms with Gasteiger partial charge in [-0.15, -0.1) is 11.3 Å². The van der Waals surface area contributed by atoms with Crippen LogP contribution in [0.15, 0.2) is 29.1 Å². The Hall–Kier alpha value is -1.22. The van der Waals surface area contributed by atoms with E-state index in [1.807, 2.05) is 11.4 Å². The summed E-state index contributed by atoms with van der Waals surface area (Å²) in [5.41, 5.74) is 4.31. The van der Waals surface area contributed by atoms with Crippen molar-refractivity contribution in [1.82, 2.24) is 4.98 Å². The fourth-order valence-electron chi connectivity index (χ4n) is 1.16. The first-order valence-corrected chi connectivity index (χ1v) is 4.86. The number of benzene rings is 1. The molecule has 0 aliphatic carbocycles. The van der Waals surface area contributed by atoms with Gasteiger partial charge >= 0.3 is 0 Å². The zero-order valence-electron chi connectivity index (χ0n) is 7.12. The molecule has 1 nitrogen and oxygen atoms in total. The Morgan fingerprint density at radius 3 is 2.85 bits per heavy atom. The molecule has 66 valence electrons. The summed E-state index contributed by atoms with van der Waals surface area (Å²) in [5.74, 6) is -0.168. The van der Waals surface area contributed by atoms with E-state index >= 15 is 0 Å². The van der Waals surface area contributed by atoms with E-state index in [0.29, 0.717) is 5.56 Å². The van der Waals surface area contributed by atoms with E-state index in [9.17, 15) is 4.39 Å². The molecule has 1 aromatic heterocycles. The summed E-state index contributed by atoms with van der Waals surface area (Å²) in [6.07, 6.45) is 0. The molecule has 0 amide bonds. The number of halogens is 1. The van der Waals surface area contributed by atoms with Crippen LogP contribution >= 0.6 is 11.3 Å². The Kier molecular flexibility index (Phi) is 2.10. The highest BCUT2D eigenvalue weighted by Gasteiger charge is 2.02. The van der Waals surface area contributed by atoms with Crippen molar-refractivity contribution >= 4 is 11.3 Å². The maximum Gasteiger partial charge on any atom is 0.126 e. The topological polar surface area (TPSA) is 12.9 Å². The number of nitrogens with zero attached hydrogens (tertiary/aromatic N) is 1. The second-order valence-corrected chi connectivity index (χ2v) is 3.56. The highest BCUT2D eigenvalue weighted by Crippen LogP contribution is 2.21. The number of thiazole rings is 1. The zero-order valence-corrected chi connectivity index (χ0v) is 7.94. The van der Waals surface area contributed by atoms with Gasteiger partial charge in [-0.1, -0.05) is 0 Å². The minimum absolute atomic E-state index is 0.168. The van der Waals surface area contributed by atoms with E-state index in [0.717, 1.165) is 11.3 Å². The molecule has 0 N–H and O–H groups in total. The van der Waals surface area contributed by atoms with Gasteiger partial charge in [-0.2, -0.15) is 0 Å². The molecule has 0 saturated carbocycles. The van der Waals surface area contributed by atoms with Crippen molar-refractivity contribution in [3.05, 3.63) is 40.5 Å². The molecule has 0 fully saturated rings. The van der Waals surface area contributed by atoms with E-state index in [4.69, 9.17) is 0 Å². The average Bonchev–Trinajstić information content (AvgIpc) is 2.62. The molecule has 0 aliphatic rings. The van der Waals surface area contributed by atoms with Crippen LogP contribution in [0.1, 0.15) is 5.56 Å². The van der Waals surface area contributed by atoms with Crippen LogP contribution in [-0.2, 0) is 0 Å². The van der Waals surface area contributed by atoms with Gasteiger partial charge in [-0.3, -0.25) is 0 Å². The summed E-state index contributed by atoms with van der Waals surface area (Å²) in [5, 5.41) is 1.95. The third-order valence-corrected chi connectivity index (χ3v) is 2.47. The molecular formula is C10H8FNS. The molecule has 0 saturated heterocycles. The van der Waals surface area contributed by atoms with Crippen molar-refractivity contribution in [2.24, 2.45) is 0 Å². The number of aromatic nitrogens is 1. The minimum Gasteiger partial charge on any atom is -0.245 e. The molecule has 0 unspecified atom stereocenters. The van der Waals surface area contributed by atoms with E-state index in [2.05, 4.69) is 4.98 Å². The van der Waals surface area contributed by atoms with Crippen LogP contribution in [0.3, 0.4) is 0 Å². The highest BCUT2D eigenvalue weighted by atomic mass is 32.1. The molecule has 2 rings (SSSR count). The first-order valence-electron chi connectivity index (χ1n) is 3.92. The van der Waals surface area contributed by atoms with E-state index in [1.165, 1.54) is 17.4 Å². The van der Waals surface area contributed by atoms with Crippen LogP contribution in [0.25, 0.3) is 11.3 Å². The van der Waals surface area contributed by atoms with Crippen molar-refractivity contribution in [2.45, 2.75) is 6.92 Å². The Morgan fingerprint density at radius 2 is 2.23 bits per heavy atom. The summed E-state index contributed by atoms with van der Waals surface area (Å²) in [4.78, 5) is 4.15. The molecule has 0 radical (unpaired) electrons. The third-order valence-electron chi connectivity index (χ3n) is 1.89. The second kappa shape index (κ2) is 3.26. The van der Waals surface area contributed by atoms with Crippen LogP contribution in [0.4, 0.5) is 4.39 Å².